The van der Waals surface area contributed by atoms with E-state index in [0.717, 1.165) is 0 Å². The lowest BCUT2D eigenvalue weighted by atomic mass is 10.4. The molecule has 3 amide bonds. The van der Waals surface area contributed by atoms with Crippen molar-refractivity contribution in [2.75, 3.05) is 13.1 Å². The maximum Gasteiger partial charge on any atom is 0.319 e. The van der Waals surface area contributed by atoms with E-state index in [2.05, 4.69) is 17.2 Å². The molecule has 1 saturated heterocycles. The first-order chi connectivity index (χ1) is 6.15. The molecule has 1 unspecified atom stereocenters. The number of carbonyl (C=O) groups excluding carboxylic acids is 2. The third kappa shape index (κ3) is 2.21. The van der Waals surface area contributed by atoms with E-state index in [9.17, 15) is 9.59 Å². The number of hydrogen-bond acceptors (Lipinski definition) is 2. The first-order valence-electron chi connectivity index (χ1n) is 4.12. The monoisotopic (exact) mass is 183 g/mol. The number of nitrogens with one attached hydrogen (secondary N) is 2. The van der Waals surface area contributed by atoms with Gasteiger partial charge in [-0.25, -0.2) is 4.79 Å². The number of rotatable bonds is 3. The van der Waals surface area contributed by atoms with Crippen LogP contribution in [0.5, 0.6) is 0 Å². The molecule has 0 radical (unpaired) electrons. The molecule has 1 fully saturated rings. The molecule has 0 spiro atoms. The van der Waals surface area contributed by atoms with Gasteiger partial charge in [-0.3, -0.25) is 4.79 Å². The van der Waals surface area contributed by atoms with E-state index in [1.165, 1.54) is 6.08 Å². The smallest absolute Gasteiger partial charge is 0.319 e. The first kappa shape index (κ1) is 9.57. The van der Waals surface area contributed by atoms with Gasteiger partial charge in [0.2, 0.25) is 5.91 Å². The van der Waals surface area contributed by atoms with Crippen molar-refractivity contribution in [3.8, 4) is 0 Å². The second-order valence-electron chi connectivity index (χ2n) is 2.81. The lowest BCUT2D eigenvalue weighted by Gasteiger charge is -2.23. The number of hydrogen-bond donors (Lipinski definition) is 2. The number of nitrogens with zero attached hydrogens (tertiary/aromatic N) is 1. The highest BCUT2D eigenvalue weighted by atomic mass is 16.2. The van der Waals surface area contributed by atoms with E-state index < -0.39 is 0 Å². The van der Waals surface area contributed by atoms with Crippen LogP contribution in [0.2, 0.25) is 0 Å². The van der Waals surface area contributed by atoms with Crippen molar-refractivity contribution < 1.29 is 9.59 Å². The lowest BCUT2D eigenvalue weighted by Crippen LogP contribution is -2.47. The van der Waals surface area contributed by atoms with Crippen molar-refractivity contribution in [2.45, 2.75) is 13.1 Å². The Hall–Kier alpha value is -1.52. The van der Waals surface area contributed by atoms with Crippen molar-refractivity contribution in [3.05, 3.63) is 12.7 Å². The summed E-state index contributed by atoms with van der Waals surface area (Å²) in [7, 11) is 0. The fourth-order valence-electron chi connectivity index (χ4n) is 1.20. The van der Waals surface area contributed by atoms with E-state index in [4.69, 9.17) is 0 Å². The van der Waals surface area contributed by atoms with Crippen molar-refractivity contribution in [1.82, 2.24) is 15.5 Å². The highest BCUT2D eigenvalue weighted by molar-refractivity contribution is 5.87. The Morgan fingerprint density at radius 3 is 3.00 bits per heavy atom. The predicted molar refractivity (Wildman–Crippen MR) is 47.9 cm³/mol. The molecule has 1 aliphatic rings. The van der Waals surface area contributed by atoms with Crippen molar-refractivity contribution in [3.63, 3.8) is 0 Å². The lowest BCUT2D eigenvalue weighted by molar-refractivity contribution is -0.117. The molecule has 2 N–H and O–H groups in total. The summed E-state index contributed by atoms with van der Waals surface area (Å²) in [6.45, 7) is 6.34. The van der Waals surface area contributed by atoms with Gasteiger partial charge in [0.25, 0.3) is 0 Å². The zero-order valence-corrected chi connectivity index (χ0v) is 7.54. The van der Waals surface area contributed by atoms with Gasteiger partial charge in [0, 0.05) is 13.1 Å². The second-order valence-corrected chi connectivity index (χ2v) is 2.81. The molecule has 0 aromatic carbocycles. The zero-order valence-electron chi connectivity index (χ0n) is 7.54. The second kappa shape index (κ2) is 3.93. The molecule has 0 saturated carbocycles. The zero-order chi connectivity index (χ0) is 9.84. The summed E-state index contributed by atoms with van der Waals surface area (Å²) in [5.41, 5.74) is 0. The Labute approximate surface area is 76.8 Å². The van der Waals surface area contributed by atoms with Crippen molar-refractivity contribution >= 4 is 11.9 Å². The Balaban J connectivity index is 2.47. The molecular weight excluding hydrogens is 170 g/mol. The van der Waals surface area contributed by atoms with Gasteiger partial charge in [0.1, 0.15) is 6.17 Å². The molecular formula is C8H13N3O2. The van der Waals surface area contributed by atoms with E-state index in [1.807, 2.05) is 0 Å². The van der Waals surface area contributed by atoms with Crippen LogP contribution in [0.4, 0.5) is 4.79 Å². The molecule has 1 rings (SSSR count). The van der Waals surface area contributed by atoms with E-state index in [1.54, 1.807) is 11.8 Å². The third-order valence-electron chi connectivity index (χ3n) is 1.89. The van der Waals surface area contributed by atoms with Crippen LogP contribution in [0.3, 0.4) is 0 Å². The fraction of sp³-hybridized carbons (Fsp3) is 0.500. The topological polar surface area (TPSA) is 61.4 Å². The van der Waals surface area contributed by atoms with Crippen molar-refractivity contribution in [1.29, 1.82) is 0 Å². The van der Waals surface area contributed by atoms with Crippen LogP contribution < -0.4 is 10.6 Å². The summed E-state index contributed by atoms with van der Waals surface area (Å²) in [5, 5.41) is 5.26. The average molecular weight is 183 g/mol. The minimum absolute atomic E-state index is 0.142. The SMILES string of the molecule is C=CC(=O)NC(C)N1CCNC1=O. The molecule has 72 valence electrons. The minimum atomic E-state index is -0.284. The van der Waals surface area contributed by atoms with Gasteiger partial charge < -0.3 is 15.5 Å². The highest BCUT2D eigenvalue weighted by Crippen LogP contribution is 2.00. The van der Waals surface area contributed by atoms with Crippen molar-refractivity contribution in [2.24, 2.45) is 0 Å². The Bertz CT molecular complexity index is 240. The minimum Gasteiger partial charge on any atom is -0.336 e. The van der Waals surface area contributed by atoms with E-state index in [0.29, 0.717) is 13.1 Å². The Morgan fingerprint density at radius 1 is 1.85 bits per heavy atom. The van der Waals surface area contributed by atoms with Gasteiger partial charge >= 0.3 is 6.03 Å². The van der Waals surface area contributed by atoms with Crippen LogP contribution in [0, 0.1) is 0 Å². The summed E-state index contributed by atoms with van der Waals surface area (Å²) in [6, 6.07) is -0.142. The van der Waals surface area contributed by atoms with Gasteiger partial charge in [-0.2, -0.15) is 0 Å². The van der Waals surface area contributed by atoms with Crippen LogP contribution in [0.25, 0.3) is 0 Å². The van der Waals surface area contributed by atoms with Gasteiger partial charge in [-0.05, 0) is 13.0 Å². The molecule has 0 aromatic rings. The molecule has 1 atom stereocenters. The van der Waals surface area contributed by atoms with Crippen LogP contribution in [0.1, 0.15) is 6.92 Å². The van der Waals surface area contributed by atoms with Crippen LogP contribution >= 0.6 is 0 Å². The Morgan fingerprint density at radius 2 is 2.54 bits per heavy atom. The summed E-state index contributed by atoms with van der Waals surface area (Å²) < 4.78 is 0. The third-order valence-corrected chi connectivity index (χ3v) is 1.89. The number of carbonyl (C=O) groups is 2. The predicted octanol–water partition coefficient (Wildman–Crippen LogP) is -0.340. The van der Waals surface area contributed by atoms with Gasteiger partial charge in [0.05, 0.1) is 0 Å². The molecule has 1 aliphatic heterocycles. The number of amides is 3. The Kier molecular flexibility index (Phi) is 2.89. The van der Waals surface area contributed by atoms with Gasteiger partial charge in [0.15, 0.2) is 0 Å². The van der Waals surface area contributed by atoms with Crippen LogP contribution in [0.15, 0.2) is 12.7 Å². The molecule has 0 bridgehead atoms. The molecule has 1 heterocycles. The molecule has 5 heteroatoms. The largest absolute Gasteiger partial charge is 0.336 e. The van der Waals surface area contributed by atoms with E-state index in [-0.39, 0.29) is 18.1 Å². The number of urea groups is 1. The van der Waals surface area contributed by atoms with Gasteiger partial charge in [-0.15, -0.1) is 0 Å². The molecule has 5 nitrogen and oxygen atoms in total. The van der Waals surface area contributed by atoms with E-state index >= 15 is 0 Å². The van der Waals surface area contributed by atoms with Crippen LogP contribution in [-0.2, 0) is 4.79 Å². The quantitative estimate of drug-likeness (QED) is 0.588. The van der Waals surface area contributed by atoms with Crippen LogP contribution in [-0.4, -0.2) is 36.1 Å². The fourth-order valence-corrected chi connectivity index (χ4v) is 1.20. The highest BCUT2D eigenvalue weighted by Gasteiger charge is 2.24. The normalized spacial score (nSPS) is 17.9. The van der Waals surface area contributed by atoms with Gasteiger partial charge in [-0.1, -0.05) is 6.58 Å². The summed E-state index contributed by atoms with van der Waals surface area (Å²) >= 11 is 0. The molecule has 13 heavy (non-hydrogen) atoms. The standard InChI is InChI=1S/C8H13N3O2/c1-3-7(12)10-6(2)11-5-4-9-8(11)13/h3,6H,1,4-5H2,2H3,(H,9,13)(H,10,12). The first-order valence-corrected chi connectivity index (χ1v) is 4.12. The summed E-state index contributed by atoms with van der Waals surface area (Å²) in [6.07, 6.45) is 0.901. The maximum absolute atomic E-state index is 11.1. The maximum atomic E-state index is 11.1. The summed E-state index contributed by atoms with van der Waals surface area (Å²) in [4.78, 5) is 23.6. The summed E-state index contributed by atoms with van der Waals surface area (Å²) in [5.74, 6) is -0.271. The molecule has 0 aromatic heterocycles. The average Bonchev–Trinajstić information content (AvgIpc) is 2.51. The molecule has 0 aliphatic carbocycles.